The van der Waals surface area contributed by atoms with E-state index in [-0.39, 0.29) is 46.5 Å². The molecule has 2 saturated heterocycles. The predicted octanol–water partition coefficient (Wildman–Crippen LogP) is 7.09. The third kappa shape index (κ3) is 7.80. The van der Waals surface area contributed by atoms with Crippen molar-refractivity contribution in [1.82, 2.24) is 30.4 Å². The Morgan fingerprint density at radius 3 is 2.46 bits per heavy atom. The molecule has 63 heavy (non-hydrogen) atoms. The Hall–Kier alpha value is -4.56. The van der Waals surface area contributed by atoms with Crippen LogP contribution in [0.25, 0.3) is 11.0 Å². The fraction of sp³-hybridized carbons (Fsp3) is 0.521. The lowest BCUT2D eigenvalue weighted by Gasteiger charge is -2.47. The number of anilines is 1. The fourth-order valence-electron chi connectivity index (χ4n) is 11.9. The third-order valence-corrected chi connectivity index (χ3v) is 15.5. The van der Waals surface area contributed by atoms with Crippen LogP contribution in [-0.2, 0) is 38.1 Å². The predicted molar refractivity (Wildman–Crippen MR) is 242 cm³/mol. The van der Waals surface area contributed by atoms with Crippen molar-refractivity contribution in [2.75, 3.05) is 18.4 Å². The highest BCUT2D eigenvalue weighted by atomic mass is 35.5. The average molecular weight is 901 g/mol. The number of hydrogen-bond acceptors (Lipinski definition) is 7. The van der Waals surface area contributed by atoms with Crippen molar-refractivity contribution in [2.45, 2.75) is 131 Å². The summed E-state index contributed by atoms with van der Waals surface area (Å²) in [5.41, 5.74) is 1.93. The fourth-order valence-corrected chi connectivity index (χ4v) is 12.2. The summed E-state index contributed by atoms with van der Waals surface area (Å²) >= 11 is 12.8. The Kier molecular flexibility index (Phi) is 12.3. The zero-order valence-corrected chi connectivity index (χ0v) is 37.2. The summed E-state index contributed by atoms with van der Waals surface area (Å²) in [6, 6.07) is 14.6. The van der Waals surface area contributed by atoms with Crippen LogP contribution in [0.5, 0.6) is 0 Å². The highest BCUT2D eigenvalue weighted by molar-refractivity contribution is 6.31. The molecule has 2 spiro atoms. The molecule has 3 aromatic carbocycles. The van der Waals surface area contributed by atoms with E-state index >= 15 is 4.39 Å². The molecule has 1 unspecified atom stereocenters. The van der Waals surface area contributed by atoms with Crippen molar-refractivity contribution in [3.8, 4) is 0 Å². The lowest BCUT2D eigenvalue weighted by atomic mass is 9.55. The zero-order chi connectivity index (χ0) is 44.0. The Balaban J connectivity index is 0.783. The van der Waals surface area contributed by atoms with E-state index in [2.05, 4.69) is 26.6 Å². The Morgan fingerprint density at radius 2 is 1.68 bits per heavy atom. The van der Waals surface area contributed by atoms with Crippen LogP contribution in [-0.4, -0.2) is 63.5 Å². The third-order valence-electron chi connectivity index (χ3n) is 14.9. The van der Waals surface area contributed by atoms with Gasteiger partial charge in [0.25, 0.3) is 0 Å². The van der Waals surface area contributed by atoms with Crippen LogP contribution in [0.4, 0.5) is 10.1 Å². The first-order valence-corrected chi connectivity index (χ1v) is 23.5. The first-order valence-electron chi connectivity index (χ1n) is 22.8. The number of nitrogens with zero attached hydrogens (tertiary/aromatic N) is 2. The summed E-state index contributed by atoms with van der Waals surface area (Å²) in [7, 11) is 1.72. The van der Waals surface area contributed by atoms with Crippen LogP contribution in [0.15, 0.2) is 59.4 Å². The minimum Gasteiger partial charge on any atom is -0.352 e. The molecule has 4 heterocycles. The van der Waals surface area contributed by atoms with Crippen LogP contribution in [0.3, 0.4) is 0 Å². The summed E-state index contributed by atoms with van der Waals surface area (Å²) in [4.78, 5) is 66.6. The van der Waals surface area contributed by atoms with Gasteiger partial charge in [-0.25, -0.2) is 9.18 Å². The van der Waals surface area contributed by atoms with E-state index in [1.54, 1.807) is 35.9 Å². The van der Waals surface area contributed by atoms with E-state index < -0.39 is 40.7 Å². The standard InChI is InChI=1S/C48H56Cl2FN7O5/c1-57-38-25-28(14-19-36(38)58(46(57)63)37-20-21-39(59)55-43(37)60)9-4-2-7-24-52-27-29-12-16-31(17-13-29)53-44(61)42-40(32-10-8-11-34(50)41(32)51)48(47(56-42)22-5-3-6-23-47)33-18-15-30(49)26-35(33)54-45(48)62/h8,10-11,14-15,18-19,25-26,29,31,37,40,42,52,56H,2-7,9,12-13,16-17,20-24,27H2,1H3,(H,53,61)(H,54,62)(H,55,59,60)/t29?,31?,37?,40-,42+,48+/m0/s1. The number of rotatable bonds is 12. The number of carbonyl (C=O) groups is 4. The van der Waals surface area contributed by atoms with Crippen LogP contribution in [0.2, 0.25) is 10.0 Å². The summed E-state index contributed by atoms with van der Waals surface area (Å²) in [5, 5.41) is 16.7. The average Bonchev–Trinajstić information content (AvgIpc) is 3.82. The van der Waals surface area contributed by atoms with Gasteiger partial charge in [0, 0.05) is 41.7 Å². The number of imidazole rings is 1. The number of hydrogen-bond donors (Lipinski definition) is 5. The molecule has 4 fully saturated rings. The minimum atomic E-state index is -1.26. The molecule has 4 atom stereocenters. The number of aryl methyl sites for hydroxylation is 2. The summed E-state index contributed by atoms with van der Waals surface area (Å²) < 4.78 is 19.4. The molecular formula is C48H56Cl2FN7O5. The van der Waals surface area contributed by atoms with Gasteiger partial charge in [-0.2, -0.15) is 0 Å². The molecule has 2 aliphatic carbocycles. The van der Waals surface area contributed by atoms with Crippen molar-refractivity contribution in [3.05, 3.63) is 97.6 Å². The Labute approximate surface area is 376 Å². The highest BCUT2D eigenvalue weighted by Gasteiger charge is 2.72. The van der Waals surface area contributed by atoms with Crippen LogP contribution in [0, 0.1) is 11.7 Å². The number of piperidine rings is 1. The molecule has 0 radical (unpaired) electrons. The molecule has 0 bridgehead atoms. The molecule has 4 amide bonds. The van der Waals surface area contributed by atoms with Crippen molar-refractivity contribution in [2.24, 2.45) is 13.0 Å². The van der Waals surface area contributed by atoms with Crippen LogP contribution in [0.1, 0.15) is 119 Å². The van der Waals surface area contributed by atoms with E-state index in [4.69, 9.17) is 23.2 Å². The van der Waals surface area contributed by atoms with Gasteiger partial charge < -0.3 is 16.0 Å². The maximum Gasteiger partial charge on any atom is 0.329 e. The molecule has 1 aromatic heterocycles. The first-order chi connectivity index (χ1) is 30.4. The van der Waals surface area contributed by atoms with Gasteiger partial charge in [-0.3, -0.25) is 38.9 Å². The lowest BCUT2D eigenvalue weighted by Crippen LogP contribution is -2.60. The number of fused-ring (bicyclic) bond motifs is 4. The molecule has 5 N–H and O–H groups in total. The van der Waals surface area contributed by atoms with Gasteiger partial charge in [0.1, 0.15) is 17.3 Å². The number of unbranched alkanes of at least 4 members (excludes halogenated alkanes) is 2. The number of amides is 4. The van der Waals surface area contributed by atoms with E-state index in [1.807, 2.05) is 24.3 Å². The van der Waals surface area contributed by atoms with E-state index in [0.717, 1.165) is 100 Å². The normalized spacial score (nSPS) is 26.6. The van der Waals surface area contributed by atoms with Gasteiger partial charge in [0.05, 0.1) is 22.1 Å². The summed E-state index contributed by atoms with van der Waals surface area (Å²) in [6.45, 7) is 1.83. The van der Waals surface area contributed by atoms with E-state index in [0.29, 0.717) is 41.4 Å². The van der Waals surface area contributed by atoms with Crippen LogP contribution >= 0.6 is 23.2 Å². The zero-order valence-electron chi connectivity index (χ0n) is 35.7. The molecule has 12 nitrogen and oxygen atoms in total. The van der Waals surface area contributed by atoms with Gasteiger partial charge in [-0.05, 0) is 130 Å². The van der Waals surface area contributed by atoms with Crippen molar-refractivity contribution < 1.29 is 23.6 Å². The maximum atomic E-state index is 16.3. The van der Waals surface area contributed by atoms with Gasteiger partial charge in [-0.1, -0.05) is 73.2 Å². The van der Waals surface area contributed by atoms with Gasteiger partial charge in [0.2, 0.25) is 23.6 Å². The number of aromatic nitrogens is 2. The molecule has 5 aliphatic rings. The first kappa shape index (κ1) is 43.7. The number of benzene rings is 3. The van der Waals surface area contributed by atoms with Crippen molar-refractivity contribution in [3.63, 3.8) is 0 Å². The smallest absolute Gasteiger partial charge is 0.329 e. The molecule has 4 aromatic rings. The number of imide groups is 1. The van der Waals surface area contributed by atoms with Crippen LogP contribution < -0.4 is 32.3 Å². The van der Waals surface area contributed by atoms with Gasteiger partial charge in [0.15, 0.2) is 0 Å². The molecule has 15 heteroatoms. The monoisotopic (exact) mass is 899 g/mol. The number of carbonyl (C=O) groups excluding carboxylic acids is 4. The largest absolute Gasteiger partial charge is 0.352 e. The maximum absolute atomic E-state index is 16.3. The van der Waals surface area contributed by atoms with Crippen molar-refractivity contribution >= 4 is 63.6 Å². The number of halogens is 3. The van der Waals surface area contributed by atoms with E-state index in [1.165, 1.54) is 10.6 Å². The number of nitrogens with one attached hydrogen (secondary N) is 5. The molecular weight excluding hydrogens is 844 g/mol. The van der Waals surface area contributed by atoms with E-state index in [9.17, 15) is 24.0 Å². The summed E-state index contributed by atoms with van der Waals surface area (Å²) in [6.07, 6.45) is 12.3. The minimum absolute atomic E-state index is 0.0274. The topological polar surface area (TPSA) is 155 Å². The molecule has 2 saturated carbocycles. The molecule has 334 valence electrons. The lowest BCUT2D eigenvalue weighted by molar-refractivity contribution is -0.136. The highest BCUT2D eigenvalue weighted by Crippen LogP contribution is 2.62. The second-order valence-electron chi connectivity index (χ2n) is 18.6. The Bertz CT molecular complexity index is 2510. The Morgan fingerprint density at radius 1 is 0.889 bits per heavy atom. The van der Waals surface area contributed by atoms with Gasteiger partial charge in [-0.15, -0.1) is 0 Å². The van der Waals surface area contributed by atoms with Gasteiger partial charge >= 0.3 is 5.69 Å². The quantitative estimate of drug-likeness (QED) is 0.0752. The SMILES string of the molecule is Cn1c(=O)n(C2CCC(=O)NC2=O)c2ccc(CCCCCNCC3CCC(NC(=O)[C@@H]4NC5(CCCCC5)[C@@]5(C(=O)Nc6cc(Cl)ccc65)[C@H]4c4cccc(Cl)c4F)CC3)cc21. The second kappa shape index (κ2) is 17.8. The second-order valence-corrected chi connectivity index (χ2v) is 19.4. The van der Waals surface area contributed by atoms with Crippen molar-refractivity contribution in [1.29, 1.82) is 0 Å². The molecule has 3 aliphatic heterocycles. The molecule has 9 rings (SSSR count). The summed E-state index contributed by atoms with van der Waals surface area (Å²) in [5.74, 6) is -2.15.